The second-order valence-corrected chi connectivity index (χ2v) is 5.74. The molecular weight excluding hydrogens is 317 g/mol. The Morgan fingerprint density at radius 1 is 1.55 bits per heavy atom. The lowest BCUT2D eigenvalue weighted by atomic mass is 10.1. The van der Waals surface area contributed by atoms with Crippen molar-refractivity contribution in [2.45, 2.75) is 10.5 Å². The minimum absolute atomic E-state index is 0.276. The summed E-state index contributed by atoms with van der Waals surface area (Å²) < 4.78 is 0.796. The second kappa shape index (κ2) is 3.41. The zero-order valence-electron chi connectivity index (χ0n) is 6.14. The summed E-state index contributed by atoms with van der Waals surface area (Å²) in [6, 6.07) is 8.04. The van der Waals surface area contributed by atoms with Crippen molar-refractivity contribution in [3.05, 3.63) is 34.3 Å². The molecule has 0 spiro atoms. The predicted molar refractivity (Wildman–Crippen MR) is 59.7 cm³/mol. The van der Waals surface area contributed by atoms with Crippen molar-refractivity contribution in [2.24, 2.45) is 5.73 Å². The fraction of sp³-hybridized carbons (Fsp3) is 0.250. The molecule has 1 aromatic carbocycles. The van der Waals surface area contributed by atoms with Gasteiger partial charge < -0.3 is 5.73 Å². The molecule has 0 aliphatic carbocycles. The summed E-state index contributed by atoms with van der Waals surface area (Å²) in [5.74, 6) is 0. The molecule has 0 saturated carbocycles. The van der Waals surface area contributed by atoms with E-state index in [1.165, 1.54) is 0 Å². The average Bonchev–Trinajstić information content (AvgIpc) is 1.86. The van der Waals surface area contributed by atoms with E-state index in [1.54, 1.807) is 0 Å². The van der Waals surface area contributed by atoms with Crippen LogP contribution < -0.4 is 5.73 Å². The first-order valence-electron chi connectivity index (χ1n) is 3.24. The van der Waals surface area contributed by atoms with Crippen LogP contribution in [-0.4, -0.2) is 0 Å². The van der Waals surface area contributed by atoms with Gasteiger partial charge in [-0.25, -0.2) is 0 Å². The van der Waals surface area contributed by atoms with Gasteiger partial charge in [0.1, 0.15) is 0 Å². The minimum atomic E-state index is -0.276. The van der Waals surface area contributed by atoms with Crippen LogP contribution >= 0.6 is 38.5 Å². The molecule has 0 saturated heterocycles. The summed E-state index contributed by atoms with van der Waals surface area (Å²) >= 11 is 5.61. The molecule has 0 heterocycles. The average molecular weight is 326 g/mol. The third-order valence-corrected chi connectivity index (χ3v) is 2.51. The third kappa shape index (κ3) is 2.72. The van der Waals surface area contributed by atoms with Gasteiger partial charge in [-0.2, -0.15) is 0 Å². The lowest BCUT2D eigenvalue weighted by Crippen LogP contribution is -2.24. The molecule has 0 radical (unpaired) electrons. The molecule has 1 nitrogen and oxygen atoms in total. The Kier molecular flexibility index (Phi) is 2.94. The van der Waals surface area contributed by atoms with Gasteiger partial charge in [-0.05, 0) is 24.6 Å². The number of benzene rings is 1. The largest absolute Gasteiger partial charge is 0.313 e. The first kappa shape index (κ1) is 9.48. The Labute approximate surface area is 88.6 Å². The SMILES string of the molecule is C[C@](N)(I)c1cccc(Br)c1. The Morgan fingerprint density at radius 3 is 2.55 bits per heavy atom. The number of rotatable bonds is 1. The molecule has 0 aliphatic heterocycles. The molecule has 2 N–H and O–H groups in total. The third-order valence-electron chi connectivity index (χ3n) is 1.39. The molecule has 0 amide bonds. The van der Waals surface area contributed by atoms with Gasteiger partial charge in [-0.3, -0.25) is 0 Å². The molecule has 11 heavy (non-hydrogen) atoms. The number of hydrogen-bond acceptors (Lipinski definition) is 1. The summed E-state index contributed by atoms with van der Waals surface area (Å²) in [6.45, 7) is 1.98. The number of alkyl halides is 1. The van der Waals surface area contributed by atoms with Crippen molar-refractivity contribution < 1.29 is 0 Å². The topological polar surface area (TPSA) is 26.0 Å². The molecule has 1 atom stereocenters. The first-order valence-corrected chi connectivity index (χ1v) is 5.11. The van der Waals surface area contributed by atoms with E-state index in [0.29, 0.717) is 0 Å². The van der Waals surface area contributed by atoms with Gasteiger partial charge in [0.2, 0.25) is 0 Å². The van der Waals surface area contributed by atoms with Crippen molar-refractivity contribution in [1.82, 2.24) is 0 Å². The predicted octanol–water partition coefficient (Wildman–Crippen LogP) is 3.02. The van der Waals surface area contributed by atoms with Crippen LogP contribution in [0.2, 0.25) is 0 Å². The fourth-order valence-electron chi connectivity index (χ4n) is 0.793. The van der Waals surface area contributed by atoms with E-state index >= 15 is 0 Å². The van der Waals surface area contributed by atoms with E-state index in [9.17, 15) is 0 Å². The van der Waals surface area contributed by atoms with Gasteiger partial charge in [0.15, 0.2) is 0 Å². The van der Waals surface area contributed by atoms with Crippen molar-refractivity contribution in [3.63, 3.8) is 0 Å². The van der Waals surface area contributed by atoms with Crippen LogP contribution in [-0.2, 0) is 3.55 Å². The van der Waals surface area contributed by atoms with Crippen LogP contribution in [0.3, 0.4) is 0 Å². The lowest BCUT2D eigenvalue weighted by molar-refractivity contribution is 0.779. The Bertz CT molecular complexity index is 255. The van der Waals surface area contributed by atoms with Crippen molar-refractivity contribution in [3.8, 4) is 0 Å². The minimum Gasteiger partial charge on any atom is -0.313 e. The maximum absolute atomic E-state index is 5.89. The van der Waals surface area contributed by atoms with E-state index in [1.807, 2.05) is 31.2 Å². The quantitative estimate of drug-likeness (QED) is 0.479. The standard InChI is InChI=1S/C8H9BrIN/c1-8(10,11)6-3-2-4-7(9)5-6/h2-5H,11H2,1H3/t8-/m1/s1. The molecule has 3 heteroatoms. The van der Waals surface area contributed by atoms with E-state index < -0.39 is 0 Å². The van der Waals surface area contributed by atoms with Crippen LogP contribution in [0.5, 0.6) is 0 Å². The van der Waals surface area contributed by atoms with Gasteiger partial charge in [-0.15, -0.1) is 0 Å². The molecule has 0 aliphatic rings. The fourth-order valence-corrected chi connectivity index (χ4v) is 1.53. The monoisotopic (exact) mass is 325 g/mol. The van der Waals surface area contributed by atoms with Crippen molar-refractivity contribution in [1.29, 1.82) is 0 Å². The van der Waals surface area contributed by atoms with Gasteiger partial charge in [0.25, 0.3) is 0 Å². The highest BCUT2D eigenvalue weighted by atomic mass is 127. The maximum atomic E-state index is 5.89. The Morgan fingerprint density at radius 2 is 2.18 bits per heavy atom. The maximum Gasteiger partial charge on any atom is 0.0907 e. The van der Waals surface area contributed by atoms with Gasteiger partial charge in [0, 0.05) is 4.47 Å². The summed E-state index contributed by atoms with van der Waals surface area (Å²) in [4.78, 5) is 0. The van der Waals surface area contributed by atoms with Crippen LogP contribution in [0.1, 0.15) is 12.5 Å². The van der Waals surface area contributed by atoms with Crippen molar-refractivity contribution >= 4 is 38.5 Å². The summed E-state index contributed by atoms with van der Waals surface area (Å²) in [5.41, 5.74) is 7.02. The Hall–Kier alpha value is 0.390. The van der Waals surface area contributed by atoms with E-state index in [4.69, 9.17) is 5.73 Å². The van der Waals surface area contributed by atoms with Crippen molar-refractivity contribution in [2.75, 3.05) is 0 Å². The molecule has 0 unspecified atom stereocenters. The summed E-state index contributed by atoms with van der Waals surface area (Å²) in [5, 5.41) is 0. The van der Waals surface area contributed by atoms with Crippen LogP contribution in [0.4, 0.5) is 0 Å². The van der Waals surface area contributed by atoms with Crippen LogP contribution in [0.15, 0.2) is 28.7 Å². The molecule has 0 aromatic heterocycles. The van der Waals surface area contributed by atoms with Gasteiger partial charge in [0.05, 0.1) is 3.55 Å². The van der Waals surface area contributed by atoms with Gasteiger partial charge >= 0.3 is 0 Å². The number of halogens is 2. The first-order chi connectivity index (χ1) is 5.00. The normalized spacial score (nSPS) is 16.0. The molecule has 0 bridgehead atoms. The molecule has 1 rings (SSSR count). The summed E-state index contributed by atoms with van der Waals surface area (Å²) in [7, 11) is 0. The molecule has 1 aromatic rings. The summed E-state index contributed by atoms with van der Waals surface area (Å²) in [6.07, 6.45) is 0. The molecule has 0 fully saturated rings. The molecular formula is C8H9BrIN. The highest BCUT2D eigenvalue weighted by Crippen LogP contribution is 2.26. The number of hydrogen-bond donors (Lipinski definition) is 1. The van der Waals surface area contributed by atoms with Crippen LogP contribution in [0.25, 0.3) is 0 Å². The van der Waals surface area contributed by atoms with Crippen LogP contribution in [0, 0.1) is 0 Å². The zero-order chi connectivity index (χ0) is 8.48. The zero-order valence-corrected chi connectivity index (χ0v) is 9.89. The van der Waals surface area contributed by atoms with E-state index in [0.717, 1.165) is 10.0 Å². The number of nitrogens with two attached hydrogens (primary N) is 1. The second-order valence-electron chi connectivity index (χ2n) is 2.59. The highest BCUT2D eigenvalue weighted by molar-refractivity contribution is 14.1. The van der Waals surface area contributed by atoms with Gasteiger partial charge in [-0.1, -0.05) is 50.7 Å². The lowest BCUT2D eigenvalue weighted by Gasteiger charge is -2.16. The van der Waals surface area contributed by atoms with E-state index in [2.05, 4.69) is 38.5 Å². The smallest absolute Gasteiger partial charge is 0.0907 e. The Balaban J connectivity index is 3.06. The van der Waals surface area contributed by atoms with E-state index in [-0.39, 0.29) is 3.55 Å². The molecule has 60 valence electrons. The highest BCUT2D eigenvalue weighted by Gasteiger charge is 2.15.